The second kappa shape index (κ2) is 5.08. The summed E-state index contributed by atoms with van der Waals surface area (Å²) in [6, 6.07) is 10.0. The minimum atomic E-state index is -1.53. The number of unbranched alkanes of at least 4 members (excludes halogenated alkanes) is 1. The van der Waals surface area contributed by atoms with Crippen molar-refractivity contribution in [1.29, 1.82) is 0 Å². The van der Waals surface area contributed by atoms with E-state index in [4.69, 9.17) is 4.43 Å². The van der Waals surface area contributed by atoms with Crippen LogP contribution in [0.2, 0.25) is 19.1 Å². The highest BCUT2D eigenvalue weighted by Gasteiger charge is 2.39. The summed E-state index contributed by atoms with van der Waals surface area (Å²) >= 11 is 0. The molecule has 100 valence electrons. The summed E-state index contributed by atoms with van der Waals surface area (Å²) < 4.78 is 6.31. The molecule has 0 atom stereocenters. The van der Waals surface area contributed by atoms with Crippen molar-refractivity contribution in [2.75, 3.05) is 0 Å². The quantitative estimate of drug-likeness (QED) is 0.646. The molecule has 0 N–H and O–H groups in total. The van der Waals surface area contributed by atoms with Crippen molar-refractivity contribution in [2.24, 2.45) is 0 Å². The summed E-state index contributed by atoms with van der Waals surface area (Å²) in [7, 11) is -1.53. The van der Waals surface area contributed by atoms with Crippen LogP contribution in [0.4, 0.5) is 0 Å². The molecule has 0 bridgehead atoms. The van der Waals surface area contributed by atoms with E-state index in [1.54, 1.807) is 0 Å². The summed E-state index contributed by atoms with van der Waals surface area (Å²) in [4.78, 5) is 0. The molecule has 1 aromatic carbocycles. The topological polar surface area (TPSA) is 9.23 Å². The summed E-state index contributed by atoms with van der Waals surface area (Å²) in [6.45, 7) is 9.26. The standard InChI is InChI=1S/C16H26OSi/c1-5-6-12-18(3,4)17-15-9-7-8-14(13-15)16(2)10-11-16/h7-9,13H,5-6,10-12H2,1-4H3. The van der Waals surface area contributed by atoms with Gasteiger partial charge in [-0.1, -0.05) is 38.8 Å². The molecule has 2 heteroatoms. The van der Waals surface area contributed by atoms with Crippen LogP contribution in [-0.4, -0.2) is 8.32 Å². The molecule has 1 nitrogen and oxygen atoms in total. The largest absolute Gasteiger partial charge is 0.544 e. The molecule has 18 heavy (non-hydrogen) atoms. The van der Waals surface area contributed by atoms with Crippen molar-refractivity contribution in [3.05, 3.63) is 29.8 Å². The minimum absolute atomic E-state index is 0.439. The lowest BCUT2D eigenvalue weighted by Gasteiger charge is -2.24. The highest BCUT2D eigenvalue weighted by Crippen LogP contribution is 2.48. The van der Waals surface area contributed by atoms with Gasteiger partial charge in [0.1, 0.15) is 5.75 Å². The highest BCUT2D eigenvalue weighted by atomic mass is 28.4. The number of hydrogen-bond acceptors (Lipinski definition) is 1. The lowest BCUT2D eigenvalue weighted by Crippen LogP contribution is -2.33. The third-order valence-electron chi connectivity index (χ3n) is 4.06. The molecule has 0 spiro atoms. The van der Waals surface area contributed by atoms with Crippen LogP contribution < -0.4 is 4.43 Å². The van der Waals surface area contributed by atoms with Crippen LogP contribution in [-0.2, 0) is 5.41 Å². The van der Waals surface area contributed by atoms with E-state index in [1.165, 1.54) is 37.3 Å². The normalized spacial score (nSPS) is 17.6. The van der Waals surface area contributed by atoms with Gasteiger partial charge in [-0.3, -0.25) is 0 Å². The summed E-state index contributed by atoms with van der Waals surface area (Å²) in [5.74, 6) is 1.09. The molecule has 2 rings (SSSR count). The Morgan fingerprint density at radius 1 is 1.28 bits per heavy atom. The fourth-order valence-electron chi connectivity index (χ4n) is 2.38. The maximum Gasteiger partial charge on any atom is 0.245 e. The molecular formula is C16H26OSi. The average molecular weight is 262 g/mol. The van der Waals surface area contributed by atoms with E-state index in [0.717, 1.165) is 5.75 Å². The van der Waals surface area contributed by atoms with E-state index in [0.29, 0.717) is 5.41 Å². The first-order valence-electron chi connectivity index (χ1n) is 7.25. The zero-order valence-corrected chi connectivity index (χ0v) is 13.3. The van der Waals surface area contributed by atoms with E-state index in [1.807, 2.05) is 0 Å². The van der Waals surface area contributed by atoms with Crippen LogP contribution in [0.25, 0.3) is 0 Å². The Bertz CT molecular complexity index is 407. The molecule has 1 saturated carbocycles. The van der Waals surface area contributed by atoms with E-state index in [9.17, 15) is 0 Å². The Morgan fingerprint density at radius 2 is 2.00 bits per heavy atom. The predicted octanol–water partition coefficient (Wildman–Crippen LogP) is 5.12. The Morgan fingerprint density at radius 3 is 2.61 bits per heavy atom. The zero-order chi connectivity index (χ0) is 13.2. The van der Waals surface area contributed by atoms with Crippen LogP contribution in [0.5, 0.6) is 5.75 Å². The molecule has 0 heterocycles. The van der Waals surface area contributed by atoms with Gasteiger partial charge in [0.25, 0.3) is 0 Å². The van der Waals surface area contributed by atoms with Crippen LogP contribution in [0.1, 0.15) is 45.1 Å². The van der Waals surface area contributed by atoms with Gasteiger partial charge >= 0.3 is 0 Å². The van der Waals surface area contributed by atoms with Gasteiger partial charge in [0.05, 0.1) is 0 Å². The molecular weight excluding hydrogens is 236 g/mol. The highest BCUT2D eigenvalue weighted by molar-refractivity contribution is 6.71. The van der Waals surface area contributed by atoms with Crippen molar-refractivity contribution in [2.45, 2.75) is 64.1 Å². The molecule has 0 saturated heterocycles. The van der Waals surface area contributed by atoms with Gasteiger partial charge < -0.3 is 4.43 Å². The SMILES string of the molecule is CCCC[Si](C)(C)Oc1cccc(C2(C)CC2)c1. The van der Waals surface area contributed by atoms with Crippen molar-refractivity contribution >= 4 is 8.32 Å². The van der Waals surface area contributed by atoms with Crippen LogP contribution in [0.3, 0.4) is 0 Å². The molecule has 1 aromatic rings. The fraction of sp³-hybridized carbons (Fsp3) is 0.625. The Labute approximate surface area is 113 Å². The second-order valence-electron chi connectivity index (χ2n) is 6.55. The molecule has 0 aliphatic heterocycles. The van der Waals surface area contributed by atoms with Crippen LogP contribution in [0, 0.1) is 0 Å². The van der Waals surface area contributed by atoms with Crippen molar-refractivity contribution in [3.63, 3.8) is 0 Å². The van der Waals surface area contributed by atoms with Gasteiger partial charge in [0.2, 0.25) is 8.32 Å². The van der Waals surface area contributed by atoms with Gasteiger partial charge in [0.15, 0.2) is 0 Å². The van der Waals surface area contributed by atoms with Gasteiger partial charge in [-0.05, 0) is 55.1 Å². The third-order valence-corrected chi connectivity index (χ3v) is 6.40. The van der Waals surface area contributed by atoms with Crippen molar-refractivity contribution in [3.8, 4) is 5.75 Å². The monoisotopic (exact) mass is 262 g/mol. The van der Waals surface area contributed by atoms with E-state index in [-0.39, 0.29) is 0 Å². The van der Waals surface area contributed by atoms with Gasteiger partial charge in [-0.2, -0.15) is 0 Å². The van der Waals surface area contributed by atoms with Gasteiger partial charge in [-0.15, -0.1) is 0 Å². The van der Waals surface area contributed by atoms with Crippen LogP contribution in [0.15, 0.2) is 24.3 Å². The number of rotatable bonds is 6. The fourth-order valence-corrected chi connectivity index (χ4v) is 4.46. The number of hydrogen-bond donors (Lipinski definition) is 0. The Hall–Kier alpha value is -0.763. The summed E-state index contributed by atoms with van der Waals surface area (Å²) in [6.07, 6.45) is 5.20. The molecule has 0 radical (unpaired) electrons. The molecule has 0 amide bonds. The molecule has 1 aliphatic carbocycles. The minimum Gasteiger partial charge on any atom is -0.544 e. The Kier molecular flexibility index (Phi) is 3.86. The van der Waals surface area contributed by atoms with E-state index < -0.39 is 8.32 Å². The van der Waals surface area contributed by atoms with Gasteiger partial charge in [-0.25, -0.2) is 0 Å². The lowest BCUT2D eigenvalue weighted by molar-refractivity contribution is 0.540. The molecule has 0 aromatic heterocycles. The molecule has 1 aliphatic rings. The summed E-state index contributed by atoms with van der Waals surface area (Å²) in [5, 5.41) is 0. The summed E-state index contributed by atoms with van der Waals surface area (Å²) in [5.41, 5.74) is 1.90. The lowest BCUT2D eigenvalue weighted by atomic mass is 9.98. The van der Waals surface area contributed by atoms with E-state index in [2.05, 4.69) is 51.2 Å². The molecule has 0 unspecified atom stereocenters. The molecule has 1 fully saturated rings. The second-order valence-corrected chi connectivity index (χ2v) is 10.8. The van der Waals surface area contributed by atoms with E-state index >= 15 is 0 Å². The first-order chi connectivity index (χ1) is 8.45. The first kappa shape index (κ1) is 13.7. The Balaban J connectivity index is 2.05. The maximum atomic E-state index is 6.31. The van der Waals surface area contributed by atoms with Crippen molar-refractivity contribution < 1.29 is 4.43 Å². The third kappa shape index (κ3) is 3.38. The van der Waals surface area contributed by atoms with Gasteiger partial charge in [0, 0.05) is 0 Å². The zero-order valence-electron chi connectivity index (χ0n) is 12.3. The smallest absolute Gasteiger partial charge is 0.245 e. The van der Waals surface area contributed by atoms with Crippen LogP contribution >= 0.6 is 0 Å². The maximum absolute atomic E-state index is 6.31. The number of benzene rings is 1. The average Bonchev–Trinajstić information content (AvgIpc) is 3.06. The predicted molar refractivity (Wildman–Crippen MR) is 80.9 cm³/mol. The first-order valence-corrected chi connectivity index (χ1v) is 10.4. The van der Waals surface area contributed by atoms with Crippen molar-refractivity contribution in [1.82, 2.24) is 0 Å².